The van der Waals surface area contributed by atoms with Gasteiger partial charge in [0.2, 0.25) is 34.1 Å². The lowest BCUT2D eigenvalue weighted by Gasteiger charge is -2.33. The van der Waals surface area contributed by atoms with Crippen LogP contribution in [0.25, 0.3) is 0 Å². The van der Waals surface area contributed by atoms with E-state index in [1.54, 1.807) is 48.5 Å². The summed E-state index contributed by atoms with van der Waals surface area (Å²) in [5.74, 6) is -4.05. The number of nitrogens with two attached hydrogens (primary N) is 2. The number of aliphatic hydroxyl groups is 2. The smallest absolute Gasteiger partial charge is 0.251 e. The van der Waals surface area contributed by atoms with Gasteiger partial charge in [0.1, 0.15) is 48.0 Å². The van der Waals surface area contributed by atoms with E-state index in [9.17, 15) is 39.9 Å². The normalized spacial score (nSPS) is 20.8. The molecule has 2 atom stereocenters. The molecule has 8 rings (SSSR count). The van der Waals surface area contributed by atoms with Crippen LogP contribution in [0.15, 0.2) is 102 Å². The molecule has 0 aliphatic carbocycles. The number of nitrogens with zero attached hydrogens (tertiary/aromatic N) is 4. The van der Waals surface area contributed by atoms with Crippen molar-refractivity contribution in [2.24, 2.45) is 11.5 Å². The molecule has 0 bridgehead atoms. The van der Waals surface area contributed by atoms with Gasteiger partial charge in [0.05, 0.1) is 0 Å². The average Bonchev–Trinajstić information content (AvgIpc) is 3.54. The third-order valence-electron chi connectivity index (χ3n) is 9.89. The quantitative estimate of drug-likeness (QED) is 0.218. The summed E-state index contributed by atoms with van der Waals surface area (Å²) in [5, 5.41) is 40.4. The Morgan fingerprint density at radius 2 is 1.06 bits per heavy atom. The minimum absolute atomic E-state index is 0.0399. The third kappa shape index (κ3) is 4.15. The summed E-state index contributed by atoms with van der Waals surface area (Å²) < 4.78 is 22.8. The highest BCUT2D eigenvalue weighted by molar-refractivity contribution is 6.15. The Morgan fingerprint density at radius 1 is 0.660 bits per heavy atom. The molecule has 0 radical (unpaired) electrons. The fourth-order valence-corrected chi connectivity index (χ4v) is 7.76. The molecule has 6 N–H and O–H groups in total. The van der Waals surface area contributed by atoms with Gasteiger partial charge in [-0.05, 0) is 18.6 Å². The molecular weight excluding hydrogens is 688 g/mol. The number of fused-ring (bicyclic) bond motifs is 8. The van der Waals surface area contributed by atoms with Crippen molar-refractivity contribution < 1.29 is 38.1 Å². The number of rotatable bonds is 6. The molecule has 2 aromatic heterocycles. The number of nitriles is 2. The molecule has 16 heteroatoms. The standard InChI is InChI=1S/C37H26N6O10/c38-14-22-32(40)52-28-26(46)12-18(16-44)50-30(28)36(22)20-6-1-3-8-24(20)42(34(36)48)10-5-11-43-25-9-4-2-7-21(25)37(35(43)49)23(15-39)33(41)53-29-27(47)13-19(17-45)51-31(29)37/h1-4,6-9,12-13,44-45H,5,10-11,16-17,40-41H2. The molecule has 0 saturated heterocycles. The Balaban J connectivity index is 1.20. The van der Waals surface area contributed by atoms with E-state index >= 15 is 0 Å². The van der Waals surface area contributed by atoms with Gasteiger partial charge in [-0.1, -0.05) is 36.4 Å². The third-order valence-corrected chi connectivity index (χ3v) is 9.89. The van der Waals surface area contributed by atoms with Gasteiger partial charge in [0.15, 0.2) is 22.4 Å². The fourth-order valence-electron chi connectivity index (χ4n) is 7.76. The summed E-state index contributed by atoms with van der Waals surface area (Å²) in [7, 11) is 0. The molecule has 2 aromatic carbocycles. The van der Waals surface area contributed by atoms with Gasteiger partial charge < -0.3 is 49.8 Å². The van der Waals surface area contributed by atoms with Crippen LogP contribution in [0.3, 0.4) is 0 Å². The van der Waals surface area contributed by atoms with Crippen molar-refractivity contribution in [3.63, 3.8) is 0 Å². The van der Waals surface area contributed by atoms with Crippen LogP contribution in [0, 0.1) is 22.7 Å². The fraction of sp³-hybridized carbons (Fsp3) is 0.189. The van der Waals surface area contributed by atoms with E-state index < -0.39 is 70.0 Å². The van der Waals surface area contributed by atoms with Crippen LogP contribution in [-0.4, -0.2) is 35.1 Å². The van der Waals surface area contributed by atoms with E-state index in [-0.39, 0.29) is 64.8 Å². The number of ether oxygens (including phenoxy) is 2. The van der Waals surface area contributed by atoms with Gasteiger partial charge in [-0.2, -0.15) is 10.5 Å². The zero-order valence-corrected chi connectivity index (χ0v) is 27.4. The van der Waals surface area contributed by atoms with Crippen LogP contribution in [0.5, 0.6) is 11.5 Å². The van der Waals surface area contributed by atoms with E-state index in [1.165, 1.54) is 9.80 Å². The second kappa shape index (κ2) is 11.7. The van der Waals surface area contributed by atoms with Gasteiger partial charge in [-0.25, -0.2) is 0 Å². The van der Waals surface area contributed by atoms with Gasteiger partial charge in [-0.15, -0.1) is 0 Å². The molecule has 16 nitrogen and oxygen atoms in total. The first-order valence-electron chi connectivity index (χ1n) is 16.1. The zero-order valence-electron chi connectivity index (χ0n) is 27.4. The largest absolute Gasteiger partial charge is 0.457 e. The molecule has 2 amide bonds. The van der Waals surface area contributed by atoms with Crippen LogP contribution in [0.1, 0.15) is 40.6 Å². The summed E-state index contributed by atoms with van der Waals surface area (Å²) >= 11 is 0. The number of hydrogen-bond acceptors (Lipinski definition) is 14. The Bertz CT molecular complexity index is 2420. The summed E-state index contributed by atoms with van der Waals surface area (Å²) in [4.78, 5) is 58.6. The molecule has 4 aliphatic rings. The van der Waals surface area contributed by atoms with Crippen molar-refractivity contribution in [2.45, 2.75) is 30.5 Å². The van der Waals surface area contributed by atoms with Crippen LogP contribution in [-0.2, 0) is 33.6 Å². The molecule has 264 valence electrons. The van der Waals surface area contributed by atoms with E-state index in [0.29, 0.717) is 11.4 Å². The van der Waals surface area contributed by atoms with Crippen molar-refractivity contribution in [2.75, 3.05) is 22.9 Å². The zero-order chi connectivity index (χ0) is 37.4. The van der Waals surface area contributed by atoms with Crippen LogP contribution in [0.4, 0.5) is 11.4 Å². The number of amides is 2. The summed E-state index contributed by atoms with van der Waals surface area (Å²) in [5.41, 5.74) is 7.49. The second-order valence-corrected chi connectivity index (χ2v) is 12.5. The SMILES string of the molecule is N#CC1=C(N)Oc2c(oc(CO)cc2=O)C12C(=O)N(CCCN1C(=O)C3(C(C#N)=C(N)Oc4c3oc(CO)cc4=O)c3ccccc31)c1ccccc12. The van der Waals surface area contributed by atoms with Crippen molar-refractivity contribution in [3.05, 3.63) is 138 Å². The van der Waals surface area contributed by atoms with Crippen molar-refractivity contribution in [1.29, 1.82) is 10.5 Å². The molecule has 4 aromatic rings. The van der Waals surface area contributed by atoms with Gasteiger partial charge in [-0.3, -0.25) is 19.2 Å². The number of carbonyl (C=O) groups excluding carboxylic acids is 2. The Labute approximate surface area is 298 Å². The van der Waals surface area contributed by atoms with E-state index in [1.807, 2.05) is 12.1 Å². The molecule has 0 fully saturated rings. The molecule has 6 heterocycles. The van der Waals surface area contributed by atoms with Crippen molar-refractivity contribution in [1.82, 2.24) is 0 Å². The maximum absolute atomic E-state index is 14.8. The highest BCUT2D eigenvalue weighted by atomic mass is 16.5. The summed E-state index contributed by atoms with van der Waals surface area (Å²) in [6.45, 7) is -1.44. The van der Waals surface area contributed by atoms with Crippen LogP contribution >= 0.6 is 0 Å². The van der Waals surface area contributed by atoms with E-state index in [4.69, 9.17) is 29.8 Å². The molecule has 53 heavy (non-hydrogen) atoms. The first kappa shape index (κ1) is 33.0. The highest BCUT2D eigenvalue weighted by Crippen LogP contribution is 2.56. The van der Waals surface area contributed by atoms with Crippen molar-refractivity contribution in [3.8, 4) is 23.6 Å². The maximum Gasteiger partial charge on any atom is 0.251 e. The number of hydrogen-bond donors (Lipinski definition) is 4. The Kier molecular flexibility index (Phi) is 7.30. The topological polar surface area (TPSA) is 260 Å². The van der Waals surface area contributed by atoms with Crippen LogP contribution in [0.2, 0.25) is 0 Å². The van der Waals surface area contributed by atoms with Crippen LogP contribution < -0.4 is 41.6 Å². The predicted molar refractivity (Wildman–Crippen MR) is 180 cm³/mol. The lowest BCUT2D eigenvalue weighted by Crippen LogP contribution is -2.48. The lowest BCUT2D eigenvalue weighted by molar-refractivity contribution is -0.121. The number of para-hydroxylation sites is 2. The first-order valence-corrected chi connectivity index (χ1v) is 16.1. The number of carbonyl (C=O) groups is 2. The van der Waals surface area contributed by atoms with Gasteiger partial charge in [0, 0.05) is 47.7 Å². The van der Waals surface area contributed by atoms with Gasteiger partial charge in [0.25, 0.3) is 11.8 Å². The minimum Gasteiger partial charge on any atom is -0.457 e. The first-order chi connectivity index (χ1) is 25.6. The molecular formula is C37H26N6O10. The van der Waals surface area contributed by atoms with E-state index in [2.05, 4.69) is 0 Å². The Morgan fingerprint density at radius 3 is 1.43 bits per heavy atom. The van der Waals surface area contributed by atoms with Gasteiger partial charge >= 0.3 is 0 Å². The average molecular weight is 715 g/mol. The summed E-state index contributed by atoms with van der Waals surface area (Å²) in [6.07, 6.45) is 0.114. The Hall–Kier alpha value is -7.14. The van der Waals surface area contributed by atoms with Crippen molar-refractivity contribution >= 4 is 23.2 Å². The number of benzene rings is 2. The molecule has 0 saturated carbocycles. The predicted octanol–water partition coefficient (Wildman–Crippen LogP) is 1.11. The minimum atomic E-state index is -2.04. The monoisotopic (exact) mass is 714 g/mol. The molecule has 2 unspecified atom stereocenters. The number of aliphatic hydroxyl groups excluding tert-OH is 2. The molecule has 2 spiro atoms. The van der Waals surface area contributed by atoms with E-state index in [0.717, 1.165) is 12.1 Å². The highest BCUT2D eigenvalue weighted by Gasteiger charge is 2.63. The lowest BCUT2D eigenvalue weighted by atomic mass is 9.72. The summed E-state index contributed by atoms with van der Waals surface area (Å²) in [6, 6.07) is 19.1. The second-order valence-electron chi connectivity index (χ2n) is 12.5. The number of anilines is 2. The molecule has 4 aliphatic heterocycles. The maximum atomic E-state index is 14.8.